The number of amides is 1. The third-order valence-electron chi connectivity index (χ3n) is 6.24. The van der Waals surface area contributed by atoms with Crippen LogP contribution in [0.25, 0.3) is 6.08 Å². The molecule has 3 aromatic rings. The van der Waals surface area contributed by atoms with Gasteiger partial charge in [-0.05, 0) is 91.1 Å². The Hall–Kier alpha value is -4.43. The van der Waals surface area contributed by atoms with Crippen molar-refractivity contribution in [3.63, 3.8) is 0 Å². The zero-order valence-electron chi connectivity index (χ0n) is 21.5. The number of aliphatic carboxylic acids is 1. The van der Waals surface area contributed by atoms with Crippen LogP contribution in [0.4, 0.5) is 17.1 Å². The average Bonchev–Trinajstić information content (AvgIpc) is 2.91. The number of carbonyl (C=O) groups excluding carboxylic acids is 1. The van der Waals surface area contributed by atoms with Crippen LogP contribution in [-0.4, -0.2) is 49.6 Å². The van der Waals surface area contributed by atoms with E-state index < -0.39 is 17.6 Å². The highest BCUT2D eigenvalue weighted by Gasteiger charge is 2.22. The second-order valence-electron chi connectivity index (χ2n) is 9.04. The normalized spacial score (nSPS) is 13.0. The maximum Gasteiger partial charge on any atom is 0.354 e. The molecule has 0 saturated carbocycles. The molecule has 3 aromatic carbocycles. The van der Waals surface area contributed by atoms with Gasteiger partial charge in [0.15, 0.2) is 5.71 Å². The number of rotatable bonds is 10. The molecular formula is C30H31N3O5. The quantitative estimate of drug-likeness (QED) is 0.194. The summed E-state index contributed by atoms with van der Waals surface area (Å²) in [5.74, 6) is -1.33. The summed E-state index contributed by atoms with van der Waals surface area (Å²) in [6.45, 7) is 3.77. The molecule has 0 radical (unpaired) electrons. The topological polar surface area (TPSA) is 112 Å². The van der Waals surface area contributed by atoms with Crippen LogP contribution in [0.5, 0.6) is 5.75 Å². The number of hydrogen-bond acceptors (Lipinski definition) is 6. The van der Waals surface area contributed by atoms with Gasteiger partial charge >= 0.3 is 5.97 Å². The fourth-order valence-electron chi connectivity index (χ4n) is 4.39. The number of fused-ring (bicyclic) bond motifs is 1. The molecule has 1 aliphatic heterocycles. The molecule has 0 unspecified atom stereocenters. The number of carboxylic acid groups (broad SMARTS) is 1. The Labute approximate surface area is 222 Å². The highest BCUT2D eigenvalue weighted by atomic mass is 16.5. The highest BCUT2D eigenvalue weighted by molar-refractivity contribution is 6.50. The molecule has 0 spiro atoms. The lowest BCUT2D eigenvalue weighted by molar-refractivity contribution is -0.129. The molecule has 196 valence electrons. The summed E-state index contributed by atoms with van der Waals surface area (Å²) >= 11 is 0. The Morgan fingerprint density at radius 3 is 2.58 bits per heavy atom. The number of anilines is 3. The molecule has 0 saturated heterocycles. The maximum absolute atomic E-state index is 13.0. The second-order valence-corrected chi connectivity index (χ2v) is 9.04. The van der Waals surface area contributed by atoms with E-state index in [1.165, 1.54) is 6.08 Å². The molecule has 4 rings (SSSR count). The predicted octanol–water partition coefficient (Wildman–Crippen LogP) is 5.23. The van der Waals surface area contributed by atoms with Crippen molar-refractivity contribution in [1.82, 2.24) is 0 Å². The molecule has 8 heteroatoms. The van der Waals surface area contributed by atoms with E-state index >= 15 is 0 Å². The first kappa shape index (κ1) is 26.6. The van der Waals surface area contributed by atoms with Gasteiger partial charge in [0.25, 0.3) is 5.91 Å². The van der Waals surface area contributed by atoms with E-state index in [1.807, 2.05) is 55.5 Å². The molecule has 38 heavy (non-hydrogen) atoms. The summed E-state index contributed by atoms with van der Waals surface area (Å²) in [6, 6.07) is 20.9. The van der Waals surface area contributed by atoms with Crippen molar-refractivity contribution in [1.29, 1.82) is 5.41 Å². The van der Waals surface area contributed by atoms with Crippen molar-refractivity contribution < 1.29 is 24.2 Å². The summed E-state index contributed by atoms with van der Waals surface area (Å²) in [5, 5.41) is 20.2. The second kappa shape index (κ2) is 12.2. The predicted molar refractivity (Wildman–Crippen MR) is 149 cm³/mol. The van der Waals surface area contributed by atoms with E-state index in [0.29, 0.717) is 24.5 Å². The molecule has 0 aromatic heterocycles. The van der Waals surface area contributed by atoms with Gasteiger partial charge in [-0.2, -0.15) is 0 Å². The molecule has 8 nitrogen and oxygen atoms in total. The van der Waals surface area contributed by atoms with E-state index in [1.54, 1.807) is 25.3 Å². The van der Waals surface area contributed by atoms with Crippen LogP contribution < -0.4 is 15.0 Å². The Kier molecular flexibility index (Phi) is 8.55. The van der Waals surface area contributed by atoms with Crippen molar-refractivity contribution >= 4 is 40.7 Å². The summed E-state index contributed by atoms with van der Waals surface area (Å²) < 4.78 is 10.7. The number of aryl methyl sites for hydroxylation is 2. The van der Waals surface area contributed by atoms with Crippen LogP contribution in [0.2, 0.25) is 0 Å². The third-order valence-corrected chi connectivity index (χ3v) is 6.24. The zero-order valence-corrected chi connectivity index (χ0v) is 21.5. The van der Waals surface area contributed by atoms with E-state index in [2.05, 4.69) is 10.2 Å². The fourth-order valence-corrected chi connectivity index (χ4v) is 4.39. The third kappa shape index (κ3) is 6.46. The van der Waals surface area contributed by atoms with Crippen molar-refractivity contribution in [2.45, 2.75) is 19.8 Å². The number of nitrogens with one attached hydrogen (secondary N) is 2. The van der Waals surface area contributed by atoms with Crippen molar-refractivity contribution in [3.8, 4) is 5.75 Å². The van der Waals surface area contributed by atoms with Crippen LogP contribution in [0, 0.1) is 12.3 Å². The largest absolute Gasteiger partial charge is 0.491 e. The highest BCUT2D eigenvalue weighted by Crippen LogP contribution is 2.35. The van der Waals surface area contributed by atoms with Gasteiger partial charge in [0.1, 0.15) is 12.4 Å². The molecule has 1 heterocycles. The molecular weight excluding hydrogens is 482 g/mol. The van der Waals surface area contributed by atoms with Crippen LogP contribution in [-0.2, 0) is 20.7 Å². The summed E-state index contributed by atoms with van der Waals surface area (Å²) in [5.41, 5.74) is 4.36. The number of ether oxygens (including phenoxy) is 2. The molecule has 1 amide bonds. The Bertz CT molecular complexity index is 1360. The van der Waals surface area contributed by atoms with Gasteiger partial charge < -0.3 is 24.8 Å². The monoisotopic (exact) mass is 513 g/mol. The number of methoxy groups -OCH3 is 1. The van der Waals surface area contributed by atoms with Gasteiger partial charge in [0.05, 0.1) is 12.2 Å². The first-order chi connectivity index (χ1) is 18.4. The number of carbonyl (C=O) groups is 2. The molecule has 0 bridgehead atoms. The first-order valence-corrected chi connectivity index (χ1v) is 12.4. The van der Waals surface area contributed by atoms with Gasteiger partial charge in [-0.3, -0.25) is 10.2 Å². The smallest absolute Gasteiger partial charge is 0.354 e. The first-order valence-electron chi connectivity index (χ1n) is 12.4. The molecule has 3 N–H and O–H groups in total. The molecule has 0 atom stereocenters. The number of hydrogen-bond donors (Lipinski definition) is 3. The fraction of sp³-hybridized carbons (Fsp3) is 0.233. The maximum atomic E-state index is 13.0. The van der Waals surface area contributed by atoms with Crippen molar-refractivity contribution in [2.24, 2.45) is 0 Å². The van der Waals surface area contributed by atoms with Gasteiger partial charge in [0.2, 0.25) is 0 Å². The standard InChI is InChI=1S/C30H31N3O5/c1-20-5-3-7-23(17-20)32-29(34)26(28(31)30(35)36)19-21-8-13-27-22(18-21)6-4-14-33(27)24-9-11-25(12-10-24)38-16-15-37-2/h3,5,7-13,17-19,31H,4,6,14-16H2,1-2H3,(H,32,34)(H,35,36)/b26-19-,31-28?. The van der Waals surface area contributed by atoms with Crippen LogP contribution in [0.1, 0.15) is 23.1 Å². The summed E-state index contributed by atoms with van der Waals surface area (Å²) in [7, 11) is 1.64. The summed E-state index contributed by atoms with van der Waals surface area (Å²) in [4.78, 5) is 26.8. The number of benzene rings is 3. The number of nitrogens with zero attached hydrogens (tertiary/aromatic N) is 1. The Morgan fingerprint density at radius 2 is 1.87 bits per heavy atom. The van der Waals surface area contributed by atoms with E-state index in [-0.39, 0.29) is 5.57 Å². The van der Waals surface area contributed by atoms with Gasteiger partial charge in [-0.1, -0.05) is 18.2 Å². The Balaban J connectivity index is 1.58. The van der Waals surface area contributed by atoms with E-state index in [4.69, 9.17) is 14.9 Å². The van der Waals surface area contributed by atoms with E-state index in [9.17, 15) is 14.7 Å². The minimum atomic E-state index is -1.46. The van der Waals surface area contributed by atoms with Crippen LogP contribution in [0.3, 0.4) is 0 Å². The van der Waals surface area contributed by atoms with Crippen molar-refractivity contribution in [2.75, 3.05) is 37.1 Å². The number of carboxylic acids is 1. The van der Waals surface area contributed by atoms with Crippen LogP contribution >= 0.6 is 0 Å². The lowest BCUT2D eigenvalue weighted by Crippen LogP contribution is -2.25. The molecule has 0 fully saturated rings. The average molecular weight is 514 g/mol. The minimum absolute atomic E-state index is 0.212. The van der Waals surface area contributed by atoms with Gasteiger partial charge in [-0.15, -0.1) is 0 Å². The van der Waals surface area contributed by atoms with Crippen LogP contribution in [0.15, 0.2) is 72.3 Å². The Morgan fingerprint density at radius 1 is 1.08 bits per heavy atom. The zero-order chi connectivity index (χ0) is 27.1. The lowest BCUT2D eigenvalue weighted by atomic mass is 9.97. The van der Waals surface area contributed by atoms with E-state index in [0.717, 1.165) is 47.6 Å². The molecule has 1 aliphatic rings. The lowest BCUT2D eigenvalue weighted by Gasteiger charge is -2.31. The van der Waals surface area contributed by atoms with Gasteiger partial charge in [-0.25, -0.2) is 4.79 Å². The minimum Gasteiger partial charge on any atom is -0.491 e. The SMILES string of the molecule is COCCOc1ccc(N2CCCc3cc(/C=C(/C(=N)C(=O)O)C(=O)Nc4cccc(C)c4)ccc32)cc1. The van der Waals surface area contributed by atoms with Crippen molar-refractivity contribution in [3.05, 3.63) is 89.0 Å². The van der Waals surface area contributed by atoms with Gasteiger partial charge in [0, 0.05) is 30.7 Å². The molecule has 0 aliphatic carbocycles. The summed E-state index contributed by atoms with van der Waals surface area (Å²) in [6.07, 6.45) is 3.26.